The van der Waals surface area contributed by atoms with Gasteiger partial charge in [0.15, 0.2) is 5.96 Å². The summed E-state index contributed by atoms with van der Waals surface area (Å²) >= 11 is 0. The Balaban J connectivity index is 0.00000324. The molecule has 1 aromatic carbocycles. The molecule has 1 atom stereocenters. The van der Waals surface area contributed by atoms with E-state index in [4.69, 9.17) is 5.73 Å². The van der Waals surface area contributed by atoms with Gasteiger partial charge in [-0.1, -0.05) is 26.0 Å². The van der Waals surface area contributed by atoms with Crippen LogP contribution in [-0.4, -0.2) is 23.0 Å². The molecule has 0 radical (unpaired) electrons. The maximum atomic E-state index is 11.2. The fourth-order valence-electron chi connectivity index (χ4n) is 1.33. The van der Waals surface area contributed by atoms with Gasteiger partial charge in [-0.05, 0) is 23.6 Å². The van der Waals surface area contributed by atoms with E-state index < -0.39 is 10.8 Å². The molecule has 0 aliphatic heterocycles. The van der Waals surface area contributed by atoms with Crippen LogP contribution in [0.2, 0.25) is 0 Å². The normalized spacial score (nSPS) is 12.9. The third-order valence-corrected chi connectivity index (χ3v) is 3.31. The zero-order valence-electron chi connectivity index (χ0n) is 11.6. The van der Waals surface area contributed by atoms with E-state index in [-0.39, 0.29) is 24.0 Å². The van der Waals surface area contributed by atoms with Crippen LogP contribution in [0.4, 0.5) is 0 Å². The van der Waals surface area contributed by atoms with Gasteiger partial charge < -0.3 is 11.1 Å². The van der Waals surface area contributed by atoms with Crippen LogP contribution in [0.5, 0.6) is 0 Å². The molecule has 0 heterocycles. The largest absolute Gasteiger partial charge is 0.370 e. The van der Waals surface area contributed by atoms with Crippen LogP contribution in [0, 0.1) is 5.92 Å². The van der Waals surface area contributed by atoms with Gasteiger partial charge in [-0.3, -0.25) is 4.21 Å². The number of hydrogen-bond donors (Lipinski definition) is 2. The van der Waals surface area contributed by atoms with E-state index in [2.05, 4.69) is 24.2 Å². The monoisotopic (exact) mass is 395 g/mol. The van der Waals surface area contributed by atoms with Crippen molar-refractivity contribution in [1.82, 2.24) is 5.32 Å². The van der Waals surface area contributed by atoms with Crippen LogP contribution in [0.15, 0.2) is 34.2 Å². The lowest BCUT2D eigenvalue weighted by molar-refractivity contribution is 0.622. The number of halogens is 1. The molecule has 0 spiro atoms. The van der Waals surface area contributed by atoms with Crippen molar-refractivity contribution in [2.45, 2.75) is 25.3 Å². The average Bonchev–Trinajstić information content (AvgIpc) is 2.34. The minimum absolute atomic E-state index is 0. The molecule has 3 N–H and O–H groups in total. The molecular weight excluding hydrogens is 373 g/mol. The zero-order valence-corrected chi connectivity index (χ0v) is 14.7. The van der Waals surface area contributed by atoms with Gasteiger partial charge in [-0.2, -0.15) is 0 Å². The molecule has 0 aliphatic rings. The van der Waals surface area contributed by atoms with Gasteiger partial charge in [0.25, 0.3) is 0 Å². The standard InChI is InChI=1S/C13H21N3OS.HI/c1-10(2)8-15-13(14)16-9-11-4-6-12(7-5-11)18(3)17;/h4-7,10H,8-9H2,1-3H3,(H3,14,15,16);1H. The summed E-state index contributed by atoms with van der Waals surface area (Å²) in [4.78, 5) is 5.08. The van der Waals surface area contributed by atoms with Gasteiger partial charge in [0.05, 0.1) is 6.54 Å². The summed E-state index contributed by atoms with van der Waals surface area (Å²) in [5.74, 6) is 1.00. The van der Waals surface area contributed by atoms with Crippen LogP contribution >= 0.6 is 24.0 Å². The highest BCUT2D eigenvalue weighted by Crippen LogP contribution is 2.08. The van der Waals surface area contributed by atoms with Gasteiger partial charge in [-0.25, -0.2) is 4.99 Å². The first kappa shape index (κ1) is 18.4. The van der Waals surface area contributed by atoms with E-state index in [1.807, 2.05) is 24.3 Å². The lowest BCUT2D eigenvalue weighted by Gasteiger charge is -2.07. The molecule has 0 aliphatic carbocycles. The molecule has 1 rings (SSSR count). The molecule has 108 valence electrons. The van der Waals surface area contributed by atoms with Gasteiger partial charge in [0.2, 0.25) is 0 Å². The second kappa shape index (κ2) is 9.30. The van der Waals surface area contributed by atoms with E-state index in [0.717, 1.165) is 17.0 Å². The molecule has 0 saturated heterocycles. The molecule has 1 unspecified atom stereocenters. The Bertz CT molecular complexity index is 432. The van der Waals surface area contributed by atoms with Crippen molar-refractivity contribution in [3.8, 4) is 0 Å². The molecular formula is C13H22IN3OS. The third-order valence-electron chi connectivity index (χ3n) is 2.38. The second-order valence-electron chi connectivity index (χ2n) is 4.57. The highest BCUT2D eigenvalue weighted by atomic mass is 127. The van der Waals surface area contributed by atoms with Gasteiger partial charge in [0.1, 0.15) is 0 Å². The Labute approximate surface area is 134 Å². The molecule has 6 heteroatoms. The van der Waals surface area contributed by atoms with E-state index in [1.165, 1.54) is 0 Å². The number of hydrogen-bond acceptors (Lipinski definition) is 2. The predicted molar refractivity (Wildman–Crippen MR) is 92.4 cm³/mol. The quantitative estimate of drug-likeness (QED) is 0.456. The van der Waals surface area contributed by atoms with Crippen LogP contribution in [0.1, 0.15) is 19.4 Å². The minimum atomic E-state index is -0.931. The Morgan fingerprint density at radius 1 is 1.37 bits per heavy atom. The second-order valence-corrected chi connectivity index (χ2v) is 5.95. The zero-order chi connectivity index (χ0) is 13.5. The maximum Gasteiger partial charge on any atom is 0.188 e. The number of aliphatic imine (C=N–C) groups is 1. The van der Waals surface area contributed by atoms with Gasteiger partial charge >= 0.3 is 0 Å². The maximum absolute atomic E-state index is 11.2. The van der Waals surface area contributed by atoms with Gasteiger partial charge in [-0.15, -0.1) is 24.0 Å². The topological polar surface area (TPSA) is 67.5 Å². The molecule has 0 bridgehead atoms. The lowest BCUT2D eigenvalue weighted by Crippen LogP contribution is -2.34. The first-order valence-electron chi connectivity index (χ1n) is 5.95. The summed E-state index contributed by atoms with van der Waals surface area (Å²) in [5, 5.41) is 3.06. The molecule has 19 heavy (non-hydrogen) atoms. The number of nitrogens with one attached hydrogen (secondary N) is 1. The smallest absolute Gasteiger partial charge is 0.188 e. The van der Waals surface area contributed by atoms with E-state index in [1.54, 1.807) is 6.26 Å². The lowest BCUT2D eigenvalue weighted by atomic mass is 10.2. The fourth-order valence-corrected chi connectivity index (χ4v) is 1.85. The number of nitrogens with two attached hydrogens (primary N) is 1. The SMILES string of the molecule is CC(C)CNC(N)=NCc1ccc(S(C)=O)cc1.I. The van der Waals surface area contributed by atoms with Crippen molar-refractivity contribution in [2.24, 2.45) is 16.6 Å². The van der Waals surface area contributed by atoms with Crippen molar-refractivity contribution in [3.63, 3.8) is 0 Å². The van der Waals surface area contributed by atoms with Crippen LogP contribution in [0.3, 0.4) is 0 Å². The molecule has 0 fully saturated rings. The van der Waals surface area contributed by atoms with Gasteiger partial charge in [0, 0.05) is 28.5 Å². The minimum Gasteiger partial charge on any atom is -0.370 e. The average molecular weight is 395 g/mol. The van der Waals surface area contributed by atoms with Crippen molar-refractivity contribution < 1.29 is 4.21 Å². The number of benzene rings is 1. The number of nitrogens with zero attached hydrogens (tertiary/aromatic N) is 1. The molecule has 0 aromatic heterocycles. The Morgan fingerprint density at radius 2 is 1.95 bits per heavy atom. The third kappa shape index (κ3) is 7.51. The summed E-state index contributed by atoms with van der Waals surface area (Å²) in [7, 11) is -0.931. The Hall–Kier alpha value is -0.630. The molecule has 1 aromatic rings. The van der Waals surface area contributed by atoms with E-state index in [9.17, 15) is 4.21 Å². The fraction of sp³-hybridized carbons (Fsp3) is 0.462. The number of guanidine groups is 1. The summed E-state index contributed by atoms with van der Waals surface area (Å²) in [6.07, 6.45) is 1.67. The summed E-state index contributed by atoms with van der Waals surface area (Å²) in [6, 6.07) is 7.57. The van der Waals surface area contributed by atoms with Crippen molar-refractivity contribution in [3.05, 3.63) is 29.8 Å². The predicted octanol–water partition coefficient (Wildman–Crippen LogP) is 2.10. The van der Waals surface area contributed by atoms with Crippen molar-refractivity contribution in [1.29, 1.82) is 0 Å². The van der Waals surface area contributed by atoms with Crippen LogP contribution in [0.25, 0.3) is 0 Å². The first-order chi connectivity index (χ1) is 8.49. The number of rotatable bonds is 5. The molecule has 4 nitrogen and oxygen atoms in total. The van der Waals surface area contributed by atoms with E-state index >= 15 is 0 Å². The Kier molecular flexibility index (Phi) is 8.99. The van der Waals surface area contributed by atoms with Crippen molar-refractivity contribution >= 4 is 40.7 Å². The first-order valence-corrected chi connectivity index (χ1v) is 7.51. The summed E-state index contributed by atoms with van der Waals surface area (Å²) < 4.78 is 11.2. The Morgan fingerprint density at radius 3 is 2.42 bits per heavy atom. The van der Waals surface area contributed by atoms with Crippen LogP contribution in [-0.2, 0) is 17.3 Å². The summed E-state index contributed by atoms with van der Waals surface area (Å²) in [5.41, 5.74) is 6.79. The summed E-state index contributed by atoms with van der Waals surface area (Å²) in [6.45, 7) is 5.59. The molecule has 0 amide bonds. The highest BCUT2D eigenvalue weighted by molar-refractivity contribution is 14.0. The highest BCUT2D eigenvalue weighted by Gasteiger charge is 1.98. The van der Waals surface area contributed by atoms with E-state index in [0.29, 0.717) is 18.4 Å². The van der Waals surface area contributed by atoms with Crippen molar-refractivity contribution in [2.75, 3.05) is 12.8 Å². The molecule has 0 saturated carbocycles. The van der Waals surface area contributed by atoms with Crippen LogP contribution < -0.4 is 11.1 Å².